The first-order valence-corrected chi connectivity index (χ1v) is 21.2. The second-order valence-corrected chi connectivity index (χ2v) is 18.3. The zero-order chi connectivity index (χ0) is 42.1. The van der Waals surface area contributed by atoms with Gasteiger partial charge in [-0.2, -0.15) is 0 Å². The third-order valence-electron chi connectivity index (χ3n) is 11.2. The van der Waals surface area contributed by atoms with Gasteiger partial charge in [-0.1, -0.05) is 36.4 Å². The number of alkyl carbamates (subject to hydrolysis) is 1. The molecule has 3 N–H and O–H groups in total. The van der Waals surface area contributed by atoms with Crippen molar-refractivity contribution in [3.05, 3.63) is 65.5 Å². The van der Waals surface area contributed by atoms with Crippen LogP contribution in [-0.2, 0) is 26.4 Å². The molecule has 3 aliphatic rings. The van der Waals surface area contributed by atoms with Crippen LogP contribution in [-0.4, -0.2) is 112 Å². The van der Waals surface area contributed by atoms with Gasteiger partial charge in [-0.25, -0.2) is 18.4 Å². The number of aliphatic hydroxyl groups is 1. The first-order valence-electron chi connectivity index (χ1n) is 21.2. The summed E-state index contributed by atoms with van der Waals surface area (Å²) in [4.78, 5) is 50.9. The Bertz CT molecular complexity index is 1660. The minimum Gasteiger partial charge on any atom is -0.444 e. The van der Waals surface area contributed by atoms with E-state index in [-0.39, 0.29) is 50.3 Å². The number of benzene rings is 1. The van der Waals surface area contributed by atoms with Crippen LogP contribution in [0.4, 0.5) is 18.4 Å². The highest BCUT2D eigenvalue weighted by molar-refractivity contribution is 5.79. The van der Waals surface area contributed by atoms with Crippen LogP contribution in [0.15, 0.2) is 48.7 Å². The van der Waals surface area contributed by atoms with E-state index < -0.39 is 40.8 Å². The summed E-state index contributed by atoms with van der Waals surface area (Å²) in [6, 6.07) is 12.8. The fourth-order valence-electron chi connectivity index (χ4n) is 8.29. The number of aromatic nitrogens is 1. The Morgan fingerprint density at radius 2 is 1.66 bits per heavy atom. The molecule has 2 aromatic rings. The van der Waals surface area contributed by atoms with Gasteiger partial charge in [0.05, 0.1) is 17.8 Å². The molecule has 2 heterocycles. The van der Waals surface area contributed by atoms with Crippen molar-refractivity contribution >= 4 is 18.1 Å². The summed E-state index contributed by atoms with van der Waals surface area (Å²) < 4.78 is 39.2. The molecule has 0 bridgehead atoms. The minimum atomic E-state index is -2.77. The van der Waals surface area contributed by atoms with Crippen molar-refractivity contribution in [1.29, 1.82) is 0 Å². The van der Waals surface area contributed by atoms with E-state index >= 15 is 0 Å². The number of carbonyl (C=O) groups excluding carboxylic acids is 3. The molecule has 5 rings (SSSR count). The molecule has 58 heavy (non-hydrogen) atoms. The molecule has 1 saturated carbocycles. The third kappa shape index (κ3) is 13.3. The molecule has 3 atom stereocenters. The zero-order valence-electron chi connectivity index (χ0n) is 35.4. The van der Waals surface area contributed by atoms with Gasteiger partial charge in [0.2, 0.25) is 11.8 Å². The maximum atomic E-state index is 13.9. The molecule has 1 saturated heterocycles. The standard InChI is InChI=1S/C44H66F2N6O6/c1-41(2,3)57-39(54)48-24-10-11-26-51(36-18-12-14-32-15-13-25-47-37(32)36)31-35-30-50(28-29-52(35)40(55)58-42(4,5)6)27-23-44(56,34-16-8-7-9-17-34)49-38(53)33-19-21-43(45,46)22-20-33/h7-9,13,15-17,25,33,35-36,56H,10-12,14,18-24,26-31H2,1-6H3,(H,48,54)(H,49,53)/t35-,36-,44?/m0/s1. The monoisotopic (exact) mass is 813 g/mol. The molecule has 1 aromatic heterocycles. The lowest BCUT2D eigenvalue weighted by Crippen LogP contribution is -2.60. The van der Waals surface area contributed by atoms with Gasteiger partial charge in [-0.05, 0) is 105 Å². The van der Waals surface area contributed by atoms with Crippen LogP contribution in [0.2, 0.25) is 0 Å². The minimum absolute atomic E-state index is 0.0396. The summed E-state index contributed by atoms with van der Waals surface area (Å²) in [6.45, 7) is 14.6. The van der Waals surface area contributed by atoms with E-state index in [1.807, 2.05) is 64.8 Å². The van der Waals surface area contributed by atoms with Gasteiger partial charge in [0.1, 0.15) is 11.2 Å². The summed E-state index contributed by atoms with van der Waals surface area (Å²) in [5, 5.41) is 17.9. The number of pyridine rings is 1. The molecular formula is C44H66F2N6O6. The Morgan fingerprint density at radius 3 is 2.34 bits per heavy atom. The Morgan fingerprint density at radius 1 is 0.948 bits per heavy atom. The van der Waals surface area contributed by atoms with Crippen LogP contribution in [0, 0.1) is 5.92 Å². The summed E-state index contributed by atoms with van der Waals surface area (Å²) >= 11 is 0. The first-order chi connectivity index (χ1) is 27.3. The summed E-state index contributed by atoms with van der Waals surface area (Å²) in [7, 11) is 0. The van der Waals surface area contributed by atoms with Crippen LogP contribution >= 0.6 is 0 Å². The highest BCUT2D eigenvalue weighted by Crippen LogP contribution is 2.37. The number of alkyl halides is 2. The Balaban J connectivity index is 1.33. The number of rotatable bonds is 14. The van der Waals surface area contributed by atoms with Gasteiger partial charge >= 0.3 is 12.2 Å². The van der Waals surface area contributed by atoms with Crippen molar-refractivity contribution in [1.82, 2.24) is 30.3 Å². The lowest BCUT2D eigenvalue weighted by molar-refractivity contribution is -0.138. The molecule has 0 spiro atoms. The SMILES string of the molecule is CC(C)(C)OC(=O)NCCCCN(C[C@@H]1CN(CCC(O)(NC(=O)C2CCC(F)(F)CC2)c2ccccc2)CCN1C(=O)OC(C)(C)C)[C@H]1CCCc2cccnc21. The molecular weight excluding hydrogens is 747 g/mol. The lowest BCUT2D eigenvalue weighted by Gasteiger charge is -2.45. The van der Waals surface area contributed by atoms with Gasteiger partial charge in [0.15, 0.2) is 5.72 Å². The molecule has 1 aromatic carbocycles. The van der Waals surface area contributed by atoms with Crippen LogP contribution in [0.5, 0.6) is 0 Å². The Labute approximate surface area is 343 Å². The van der Waals surface area contributed by atoms with E-state index in [2.05, 4.69) is 26.5 Å². The predicted molar refractivity (Wildman–Crippen MR) is 218 cm³/mol. The molecule has 12 nitrogen and oxygen atoms in total. The van der Waals surface area contributed by atoms with E-state index in [0.29, 0.717) is 51.4 Å². The van der Waals surface area contributed by atoms with Crippen molar-refractivity contribution in [3.8, 4) is 0 Å². The Hall–Kier alpha value is -3.88. The van der Waals surface area contributed by atoms with E-state index in [1.54, 1.807) is 24.3 Å². The van der Waals surface area contributed by atoms with Crippen LogP contribution in [0.3, 0.4) is 0 Å². The molecule has 14 heteroatoms. The van der Waals surface area contributed by atoms with E-state index in [1.165, 1.54) is 5.56 Å². The number of hydrogen-bond acceptors (Lipinski definition) is 9. The zero-order valence-corrected chi connectivity index (χ0v) is 35.4. The second-order valence-electron chi connectivity index (χ2n) is 18.3. The van der Waals surface area contributed by atoms with Crippen LogP contribution in [0.25, 0.3) is 0 Å². The third-order valence-corrected chi connectivity index (χ3v) is 11.2. The van der Waals surface area contributed by atoms with Gasteiger partial charge in [-0.3, -0.25) is 19.6 Å². The number of carbonyl (C=O) groups is 3. The average molecular weight is 813 g/mol. The average Bonchev–Trinajstić information content (AvgIpc) is 3.15. The number of hydrogen-bond donors (Lipinski definition) is 3. The number of aryl methyl sites for hydroxylation is 1. The fourth-order valence-corrected chi connectivity index (χ4v) is 8.29. The number of fused-ring (bicyclic) bond motifs is 1. The van der Waals surface area contributed by atoms with Crippen molar-refractivity contribution in [2.45, 2.75) is 141 Å². The van der Waals surface area contributed by atoms with Gasteiger partial charge in [0, 0.05) is 76.2 Å². The number of nitrogens with zero attached hydrogens (tertiary/aromatic N) is 4. The van der Waals surface area contributed by atoms with Crippen molar-refractivity contribution < 1.29 is 37.7 Å². The molecule has 2 fully saturated rings. The smallest absolute Gasteiger partial charge is 0.410 e. The fraction of sp³-hybridized carbons (Fsp3) is 0.682. The highest BCUT2D eigenvalue weighted by Gasteiger charge is 2.42. The number of ether oxygens (including phenoxy) is 2. The van der Waals surface area contributed by atoms with Crippen molar-refractivity contribution in [2.24, 2.45) is 5.92 Å². The number of nitrogens with one attached hydrogen (secondary N) is 2. The largest absolute Gasteiger partial charge is 0.444 e. The maximum Gasteiger partial charge on any atom is 0.410 e. The van der Waals surface area contributed by atoms with E-state index in [9.17, 15) is 28.3 Å². The normalized spacial score (nSPS) is 21.4. The molecule has 1 unspecified atom stereocenters. The molecule has 2 aliphatic carbocycles. The maximum absolute atomic E-state index is 13.9. The van der Waals surface area contributed by atoms with Crippen LogP contribution in [0.1, 0.15) is 122 Å². The van der Waals surface area contributed by atoms with E-state index in [0.717, 1.165) is 37.8 Å². The number of piperazine rings is 1. The number of unbranched alkanes of at least 4 members (excludes halogenated alkanes) is 1. The quantitative estimate of drug-likeness (QED) is 0.134. The predicted octanol–water partition coefficient (Wildman–Crippen LogP) is 7.16. The summed E-state index contributed by atoms with van der Waals surface area (Å²) in [5.74, 6) is -3.79. The highest BCUT2D eigenvalue weighted by atomic mass is 19.3. The molecule has 0 radical (unpaired) electrons. The summed E-state index contributed by atoms with van der Waals surface area (Å²) in [5.41, 5.74) is -0.195. The Kier molecular flexibility index (Phi) is 15.2. The van der Waals surface area contributed by atoms with Gasteiger partial charge in [0.25, 0.3) is 0 Å². The van der Waals surface area contributed by atoms with E-state index in [4.69, 9.17) is 14.5 Å². The summed E-state index contributed by atoms with van der Waals surface area (Å²) in [6.07, 6.45) is 5.02. The lowest BCUT2D eigenvalue weighted by atomic mass is 9.85. The van der Waals surface area contributed by atoms with Crippen molar-refractivity contribution in [2.75, 3.05) is 45.8 Å². The molecule has 3 amide bonds. The van der Waals surface area contributed by atoms with Gasteiger partial charge < -0.3 is 30.1 Å². The van der Waals surface area contributed by atoms with Crippen molar-refractivity contribution in [3.63, 3.8) is 0 Å². The first kappa shape index (κ1) is 45.2. The van der Waals surface area contributed by atoms with Gasteiger partial charge in [-0.15, -0.1) is 0 Å². The topological polar surface area (TPSA) is 137 Å². The molecule has 322 valence electrons. The number of amides is 3. The van der Waals surface area contributed by atoms with Crippen LogP contribution < -0.4 is 10.6 Å². The second kappa shape index (κ2) is 19.5. The number of halogens is 2. The molecule has 1 aliphatic heterocycles.